The van der Waals surface area contributed by atoms with Gasteiger partial charge in [-0.05, 0) is 31.9 Å². The van der Waals surface area contributed by atoms with Gasteiger partial charge in [0, 0.05) is 25.9 Å². The Morgan fingerprint density at radius 2 is 2.00 bits per heavy atom. The lowest BCUT2D eigenvalue weighted by Gasteiger charge is -2.31. The van der Waals surface area contributed by atoms with Crippen LogP contribution in [0.1, 0.15) is 38.6 Å². The third-order valence-electron chi connectivity index (χ3n) is 4.49. The third kappa shape index (κ3) is 3.36. The number of fused-ring (bicyclic) bond motifs is 1. The van der Waals surface area contributed by atoms with Gasteiger partial charge in [0.15, 0.2) is 0 Å². The lowest BCUT2D eigenvalue weighted by atomic mass is 9.95. The minimum atomic E-state index is -0.166. The Hall–Kier alpha value is -2.37. The maximum atomic E-state index is 12.4. The van der Waals surface area contributed by atoms with E-state index in [4.69, 9.17) is 0 Å². The number of hydrogen-bond acceptors (Lipinski definition) is 3. The van der Waals surface area contributed by atoms with Crippen molar-refractivity contribution in [2.45, 2.75) is 32.7 Å². The van der Waals surface area contributed by atoms with E-state index in [-0.39, 0.29) is 23.8 Å². The van der Waals surface area contributed by atoms with Gasteiger partial charge in [-0.1, -0.05) is 12.1 Å². The van der Waals surface area contributed by atoms with Crippen molar-refractivity contribution >= 4 is 22.8 Å². The molecule has 6 nitrogen and oxygen atoms in total. The van der Waals surface area contributed by atoms with Crippen LogP contribution in [0.3, 0.4) is 0 Å². The Morgan fingerprint density at radius 3 is 2.65 bits per heavy atom. The maximum absolute atomic E-state index is 12.4. The van der Waals surface area contributed by atoms with E-state index in [0.29, 0.717) is 13.1 Å². The minimum absolute atomic E-state index is 0.0302. The van der Waals surface area contributed by atoms with Crippen LogP contribution in [0.2, 0.25) is 0 Å². The molecule has 0 unspecified atom stereocenters. The van der Waals surface area contributed by atoms with E-state index < -0.39 is 0 Å². The zero-order valence-electron chi connectivity index (χ0n) is 13.5. The van der Waals surface area contributed by atoms with Crippen molar-refractivity contribution in [3.8, 4) is 0 Å². The first-order valence-corrected chi connectivity index (χ1v) is 8.05. The first kappa shape index (κ1) is 15.5. The molecular weight excluding hydrogens is 292 g/mol. The summed E-state index contributed by atoms with van der Waals surface area (Å²) >= 11 is 0. The standard InChI is InChI=1S/C17H22N4O2/c1-11(16-19-14-5-3-4-6-15(14)20-16)18-17(23)13-7-9-21(10-8-13)12(2)22/h3-6,11,13H,7-10H2,1-2H3,(H,18,23)(H,19,20)/t11-/m0/s1. The summed E-state index contributed by atoms with van der Waals surface area (Å²) < 4.78 is 0. The van der Waals surface area contributed by atoms with Gasteiger partial charge < -0.3 is 15.2 Å². The van der Waals surface area contributed by atoms with Gasteiger partial charge in [-0.15, -0.1) is 0 Å². The lowest BCUT2D eigenvalue weighted by molar-refractivity contribution is -0.134. The normalized spacial score (nSPS) is 17.2. The van der Waals surface area contributed by atoms with Crippen molar-refractivity contribution in [1.82, 2.24) is 20.2 Å². The van der Waals surface area contributed by atoms with E-state index in [1.807, 2.05) is 31.2 Å². The molecule has 0 spiro atoms. The molecule has 2 N–H and O–H groups in total. The Bertz CT molecular complexity index is 683. The summed E-state index contributed by atoms with van der Waals surface area (Å²) in [4.78, 5) is 33.3. The number of imidazole rings is 1. The zero-order valence-corrected chi connectivity index (χ0v) is 13.5. The van der Waals surface area contributed by atoms with Gasteiger partial charge in [-0.25, -0.2) is 4.98 Å². The van der Waals surface area contributed by atoms with E-state index in [1.54, 1.807) is 11.8 Å². The number of aromatic nitrogens is 2. The second kappa shape index (κ2) is 6.40. The maximum Gasteiger partial charge on any atom is 0.223 e. The monoisotopic (exact) mass is 314 g/mol. The summed E-state index contributed by atoms with van der Waals surface area (Å²) in [7, 11) is 0. The van der Waals surface area contributed by atoms with Crippen LogP contribution in [0.4, 0.5) is 0 Å². The molecule has 2 aromatic rings. The molecule has 0 aliphatic carbocycles. The second-order valence-electron chi connectivity index (χ2n) is 6.15. The SMILES string of the molecule is CC(=O)N1CCC(C(=O)N[C@@H](C)c2nc3ccccc3[nH]2)CC1. The van der Waals surface area contributed by atoms with E-state index in [2.05, 4.69) is 15.3 Å². The van der Waals surface area contributed by atoms with Gasteiger partial charge in [0.25, 0.3) is 0 Å². The molecule has 1 aromatic heterocycles. The molecular formula is C17H22N4O2. The number of carbonyl (C=O) groups is 2. The number of para-hydroxylation sites is 2. The van der Waals surface area contributed by atoms with Crippen LogP contribution in [-0.2, 0) is 9.59 Å². The molecule has 0 saturated carbocycles. The molecule has 122 valence electrons. The minimum Gasteiger partial charge on any atom is -0.346 e. The Balaban J connectivity index is 1.60. The fourth-order valence-corrected chi connectivity index (χ4v) is 3.03. The van der Waals surface area contributed by atoms with E-state index in [9.17, 15) is 9.59 Å². The van der Waals surface area contributed by atoms with Crippen LogP contribution in [0, 0.1) is 5.92 Å². The predicted molar refractivity (Wildman–Crippen MR) is 87.6 cm³/mol. The van der Waals surface area contributed by atoms with E-state index >= 15 is 0 Å². The molecule has 0 radical (unpaired) electrons. The number of nitrogens with one attached hydrogen (secondary N) is 2. The van der Waals surface area contributed by atoms with Crippen molar-refractivity contribution < 1.29 is 9.59 Å². The number of likely N-dealkylation sites (tertiary alicyclic amines) is 1. The van der Waals surface area contributed by atoms with E-state index in [1.165, 1.54) is 0 Å². The number of rotatable bonds is 3. The predicted octanol–water partition coefficient (Wildman–Crippen LogP) is 2.00. The molecule has 1 atom stereocenters. The summed E-state index contributed by atoms with van der Waals surface area (Å²) in [5.41, 5.74) is 1.87. The first-order valence-electron chi connectivity index (χ1n) is 8.05. The Kier molecular flexibility index (Phi) is 4.32. The Morgan fingerprint density at radius 1 is 1.30 bits per heavy atom. The highest BCUT2D eigenvalue weighted by atomic mass is 16.2. The number of amides is 2. The number of carbonyl (C=O) groups excluding carboxylic acids is 2. The molecule has 1 aliphatic heterocycles. The number of benzene rings is 1. The molecule has 6 heteroatoms. The van der Waals surface area contributed by atoms with Gasteiger partial charge in [0.2, 0.25) is 11.8 Å². The number of H-pyrrole nitrogens is 1. The fourth-order valence-electron chi connectivity index (χ4n) is 3.03. The van der Waals surface area contributed by atoms with Crippen molar-refractivity contribution in [1.29, 1.82) is 0 Å². The molecule has 23 heavy (non-hydrogen) atoms. The van der Waals surface area contributed by atoms with Gasteiger partial charge in [0.05, 0.1) is 17.1 Å². The van der Waals surface area contributed by atoms with Crippen molar-refractivity contribution in [3.05, 3.63) is 30.1 Å². The summed E-state index contributed by atoms with van der Waals surface area (Å²) in [5.74, 6) is 0.860. The molecule has 1 fully saturated rings. The third-order valence-corrected chi connectivity index (χ3v) is 4.49. The van der Waals surface area contributed by atoms with Crippen LogP contribution < -0.4 is 5.32 Å². The highest BCUT2D eigenvalue weighted by molar-refractivity contribution is 5.80. The number of hydrogen-bond donors (Lipinski definition) is 2. The van der Waals surface area contributed by atoms with Crippen LogP contribution >= 0.6 is 0 Å². The topological polar surface area (TPSA) is 78.1 Å². The van der Waals surface area contributed by atoms with Crippen LogP contribution in [0.5, 0.6) is 0 Å². The largest absolute Gasteiger partial charge is 0.346 e. The average Bonchev–Trinajstić information content (AvgIpc) is 2.99. The van der Waals surface area contributed by atoms with Gasteiger partial charge in [-0.3, -0.25) is 9.59 Å². The van der Waals surface area contributed by atoms with Gasteiger partial charge >= 0.3 is 0 Å². The van der Waals surface area contributed by atoms with Crippen LogP contribution in [0.25, 0.3) is 11.0 Å². The molecule has 1 aromatic carbocycles. The molecule has 1 saturated heterocycles. The van der Waals surface area contributed by atoms with Crippen molar-refractivity contribution in [3.63, 3.8) is 0 Å². The molecule has 2 heterocycles. The lowest BCUT2D eigenvalue weighted by Crippen LogP contribution is -2.42. The average molecular weight is 314 g/mol. The number of aromatic amines is 1. The van der Waals surface area contributed by atoms with E-state index in [0.717, 1.165) is 29.7 Å². The second-order valence-corrected chi connectivity index (χ2v) is 6.15. The number of nitrogens with zero attached hydrogens (tertiary/aromatic N) is 2. The summed E-state index contributed by atoms with van der Waals surface area (Å²) in [5, 5.41) is 3.03. The highest BCUT2D eigenvalue weighted by Crippen LogP contribution is 2.20. The molecule has 1 aliphatic rings. The van der Waals surface area contributed by atoms with Crippen LogP contribution in [-0.4, -0.2) is 39.8 Å². The zero-order chi connectivity index (χ0) is 16.4. The number of piperidine rings is 1. The molecule has 3 rings (SSSR count). The molecule has 0 bridgehead atoms. The van der Waals surface area contributed by atoms with Gasteiger partial charge in [0.1, 0.15) is 5.82 Å². The first-order chi connectivity index (χ1) is 11.0. The summed E-state index contributed by atoms with van der Waals surface area (Å²) in [6.45, 7) is 4.82. The molecule has 2 amide bonds. The smallest absolute Gasteiger partial charge is 0.223 e. The van der Waals surface area contributed by atoms with Crippen molar-refractivity contribution in [2.24, 2.45) is 5.92 Å². The van der Waals surface area contributed by atoms with Crippen LogP contribution in [0.15, 0.2) is 24.3 Å². The summed E-state index contributed by atoms with van der Waals surface area (Å²) in [6, 6.07) is 7.65. The summed E-state index contributed by atoms with van der Waals surface area (Å²) in [6.07, 6.45) is 1.44. The van der Waals surface area contributed by atoms with Crippen molar-refractivity contribution in [2.75, 3.05) is 13.1 Å². The highest BCUT2D eigenvalue weighted by Gasteiger charge is 2.27. The van der Waals surface area contributed by atoms with Gasteiger partial charge in [-0.2, -0.15) is 0 Å². The quantitative estimate of drug-likeness (QED) is 0.909. The Labute approximate surface area is 135 Å². The fraction of sp³-hybridized carbons (Fsp3) is 0.471.